The first-order valence-corrected chi connectivity index (χ1v) is 6.98. The highest BCUT2D eigenvalue weighted by molar-refractivity contribution is 7.99. The summed E-state index contributed by atoms with van der Waals surface area (Å²) in [6.45, 7) is 1.96. The Morgan fingerprint density at radius 3 is 2.56 bits per heavy atom. The number of thioether (sulfide) groups is 1. The van der Waals surface area contributed by atoms with Gasteiger partial charge in [0.15, 0.2) is 5.16 Å². The van der Waals surface area contributed by atoms with Crippen LogP contribution in [0.4, 0.5) is 5.69 Å². The van der Waals surface area contributed by atoms with Gasteiger partial charge in [0.2, 0.25) is 0 Å². The van der Waals surface area contributed by atoms with Gasteiger partial charge in [0.1, 0.15) is 5.82 Å². The number of hydrogen-bond donors (Lipinski definition) is 1. The highest BCUT2D eigenvalue weighted by Crippen LogP contribution is 2.17. The Bertz CT molecular complexity index is 504. The molecule has 0 atom stereocenters. The van der Waals surface area contributed by atoms with Gasteiger partial charge in [-0.1, -0.05) is 23.9 Å². The molecule has 18 heavy (non-hydrogen) atoms. The lowest BCUT2D eigenvalue weighted by atomic mass is 10.1. The summed E-state index contributed by atoms with van der Waals surface area (Å²) >= 11 is 1.75. The minimum Gasteiger partial charge on any atom is -0.399 e. The summed E-state index contributed by atoms with van der Waals surface area (Å²) in [5.74, 6) is 2.01. The van der Waals surface area contributed by atoms with E-state index >= 15 is 0 Å². The molecule has 2 aromatic rings. The molecule has 2 rings (SSSR count). The maximum atomic E-state index is 5.65. The van der Waals surface area contributed by atoms with Crippen molar-refractivity contribution in [3.63, 3.8) is 0 Å². The lowest BCUT2D eigenvalue weighted by molar-refractivity contribution is 0.764. The molecule has 0 saturated heterocycles. The van der Waals surface area contributed by atoms with Crippen LogP contribution in [0, 0.1) is 6.92 Å². The van der Waals surface area contributed by atoms with E-state index in [1.807, 2.05) is 30.7 Å². The Hall–Kier alpha value is -1.49. The van der Waals surface area contributed by atoms with Crippen molar-refractivity contribution < 1.29 is 0 Å². The van der Waals surface area contributed by atoms with E-state index in [4.69, 9.17) is 5.73 Å². The largest absolute Gasteiger partial charge is 0.399 e. The number of anilines is 1. The minimum absolute atomic E-state index is 0.822. The molecule has 0 aliphatic heterocycles. The molecule has 4 nitrogen and oxygen atoms in total. The maximum Gasteiger partial charge on any atom is 0.190 e. The first-order valence-electron chi connectivity index (χ1n) is 6.00. The maximum absolute atomic E-state index is 5.65. The molecule has 96 valence electrons. The SMILES string of the molecule is Cc1nnc(SCCCc2ccc(N)cc2)n1C. The van der Waals surface area contributed by atoms with Gasteiger partial charge in [0, 0.05) is 18.5 Å². The Morgan fingerprint density at radius 1 is 1.22 bits per heavy atom. The zero-order valence-corrected chi connectivity index (χ0v) is 11.6. The summed E-state index contributed by atoms with van der Waals surface area (Å²) in [7, 11) is 2.00. The second-order valence-corrected chi connectivity index (χ2v) is 5.34. The normalized spacial score (nSPS) is 10.8. The van der Waals surface area contributed by atoms with E-state index in [1.54, 1.807) is 11.8 Å². The van der Waals surface area contributed by atoms with Crippen LogP contribution in [-0.4, -0.2) is 20.5 Å². The Labute approximate surface area is 112 Å². The highest BCUT2D eigenvalue weighted by atomic mass is 32.2. The Morgan fingerprint density at radius 2 is 1.94 bits per heavy atom. The van der Waals surface area contributed by atoms with Gasteiger partial charge >= 0.3 is 0 Å². The number of benzene rings is 1. The molecule has 1 aromatic carbocycles. The van der Waals surface area contributed by atoms with Crippen molar-refractivity contribution in [2.45, 2.75) is 24.9 Å². The molecule has 0 bridgehead atoms. The van der Waals surface area contributed by atoms with Crippen LogP contribution in [-0.2, 0) is 13.5 Å². The third-order valence-electron chi connectivity index (χ3n) is 2.87. The van der Waals surface area contributed by atoms with Crippen molar-refractivity contribution in [2.75, 3.05) is 11.5 Å². The number of hydrogen-bond acceptors (Lipinski definition) is 4. The first kappa shape index (κ1) is 13.0. The number of nitrogens with zero attached hydrogens (tertiary/aromatic N) is 3. The molecule has 1 heterocycles. The van der Waals surface area contributed by atoms with Crippen LogP contribution in [0.15, 0.2) is 29.4 Å². The minimum atomic E-state index is 0.822. The van der Waals surface area contributed by atoms with E-state index < -0.39 is 0 Å². The van der Waals surface area contributed by atoms with Crippen molar-refractivity contribution in [1.29, 1.82) is 0 Å². The van der Waals surface area contributed by atoms with E-state index in [0.717, 1.165) is 35.3 Å². The summed E-state index contributed by atoms with van der Waals surface area (Å²) in [4.78, 5) is 0. The summed E-state index contributed by atoms with van der Waals surface area (Å²) in [5, 5.41) is 9.16. The van der Waals surface area contributed by atoms with Crippen molar-refractivity contribution in [2.24, 2.45) is 7.05 Å². The molecule has 0 fully saturated rings. The second-order valence-electron chi connectivity index (χ2n) is 4.28. The van der Waals surface area contributed by atoms with Crippen LogP contribution in [0.1, 0.15) is 17.8 Å². The molecule has 0 radical (unpaired) electrons. The average Bonchev–Trinajstić information content (AvgIpc) is 2.68. The highest BCUT2D eigenvalue weighted by Gasteiger charge is 2.04. The van der Waals surface area contributed by atoms with Gasteiger partial charge < -0.3 is 10.3 Å². The number of aromatic nitrogens is 3. The molecule has 0 saturated carbocycles. The van der Waals surface area contributed by atoms with Crippen molar-refractivity contribution in [3.05, 3.63) is 35.7 Å². The third kappa shape index (κ3) is 3.26. The average molecular weight is 262 g/mol. The van der Waals surface area contributed by atoms with Gasteiger partial charge in [-0.05, 0) is 37.5 Å². The predicted octanol–water partition coefficient (Wildman–Crippen LogP) is 2.43. The fourth-order valence-corrected chi connectivity index (χ4v) is 2.53. The lowest BCUT2D eigenvalue weighted by Crippen LogP contribution is -1.95. The fourth-order valence-electron chi connectivity index (χ4n) is 1.64. The van der Waals surface area contributed by atoms with Crippen molar-refractivity contribution >= 4 is 17.4 Å². The molecular formula is C13H18N4S. The van der Waals surface area contributed by atoms with Gasteiger partial charge in [-0.25, -0.2) is 0 Å². The number of rotatable bonds is 5. The quantitative estimate of drug-likeness (QED) is 0.511. The Kier molecular flexibility index (Phi) is 4.25. The first-order chi connectivity index (χ1) is 8.66. The molecule has 0 aliphatic rings. The predicted molar refractivity (Wildman–Crippen MR) is 75.6 cm³/mol. The lowest BCUT2D eigenvalue weighted by Gasteiger charge is -2.03. The van der Waals surface area contributed by atoms with Crippen molar-refractivity contribution in [3.8, 4) is 0 Å². The van der Waals surface area contributed by atoms with Crippen LogP contribution in [0.2, 0.25) is 0 Å². The zero-order valence-electron chi connectivity index (χ0n) is 10.8. The van der Waals surface area contributed by atoms with E-state index in [1.165, 1.54) is 5.56 Å². The molecule has 0 unspecified atom stereocenters. The van der Waals surface area contributed by atoms with Gasteiger partial charge in [-0.3, -0.25) is 0 Å². The van der Waals surface area contributed by atoms with E-state index in [2.05, 4.69) is 22.3 Å². The van der Waals surface area contributed by atoms with E-state index in [-0.39, 0.29) is 0 Å². The van der Waals surface area contributed by atoms with Gasteiger partial charge in [0.25, 0.3) is 0 Å². The van der Waals surface area contributed by atoms with Crippen LogP contribution in [0.25, 0.3) is 0 Å². The topological polar surface area (TPSA) is 56.7 Å². The monoisotopic (exact) mass is 262 g/mol. The summed E-state index contributed by atoms with van der Waals surface area (Å²) in [6, 6.07) is 8.09. The summed E-state index contributed by atoms with van der Waals surface area (Å²) in [5.41, 5.74) is 7.81. The van der Waals surface area contributed by atoms with Crippen molar-refractivity contribution in [1.82, 2.24) is 14.8 Å². The molecule has 2 N–H and O–H groups in total. The van der Waals surface area contributed by atoms with Crippen LogP contribution < -0.4 is 5.73 Å². The Balaban J connectivity index is 1.76. The standard InChI is InChI=1S/C13H18N4S/c1-10-15-16-13(17(10)2)18-9-3-4-11-5-7-12(14)8-6-11/h5-8H,3-4,9,14H2,1-2H3. The van der Waals surface area contributed by atoms with Gasteiger partial charge in [-0.2, -0.15) is 0 Å². The van der Waals surface area contributed by atoms with Crippen LogP contribution >= 0.6 is 11.8 Å². The van der Waals surface area contributed by atoms with Gasteiger partial charge in [0.05, 0.1) is 0 Å². The number of nitrogens with two attached hydrogens (primary N) is 1. The zero-order chi connectivity index (χ0) is 13.0. The molecule has 0 amide bonds. The molecule has 1 aromatic heterocycles. The summed E-state index contributed by atoms with van der Waals surface area (Å²) in [6.07, 6.45) is 2.20. The summed E-state index contributed by atoms with van der Waals surface area (Å²) < 4.78 is 2.02. The number of nitrogen functional groups attached to an aromatic ring is 1. The molecule has 0 spiro atoms. The third-order valence-corrected chi connectivity index (χ3v) is 3.98. The van der Waals surface area contributed by atoms with E-state index in [0.29, 0.717) is 0 Å². The second kappa shape index (κ2) is 5.91. The molecular weight excluding hydrogens is 244 g/mol. The van der Waals surface area contributed by atoms with Gasteiger partial charge in [-0.15, -0.1) is 10.2 Å². The van der Waals surface area contributed by atoms with Crippen LogP contribution in [0.3, 0.4) is 0 Å². The smallest absolute Gasteiger partial charge is 0.190 e. The van der Waals surface area contributed by atoms with E-state index in [9.17, 15) is 0 Å². The fraction of sp³-hybridized carbons (Fsp3) is 0.385. The molecule has 0 aliphatic carbocycles. The van der Waals surface area contributed by atoms with Crippen LogP contribution in [0.5, 0.6) is 0 Å². The molecule has 5 heteroatoms. The number of aryl methyl sites for hydroxylation is 2.